The van der Waals surface area contributed by atoms with Crippen molar-refractivity contribution in [1.29, 1.82) is 0 Å². The van der Waals surface area contributed by atoms with Crippen LogP contribution in [-0.2, 0) is 0 Å². The van der Waals surface area contributed by atoms with Crippen LogP contribution in [0.1, 0.15) is 11.6 Å². The molecule has 0 aliphatic carbocycles. The van der Waals surface area contributed by atoms with Gasteiger partial charge in [-0.05, 0) is 12.1 Å². The number of benzene rings is 1. The normalized spacial score (nSPS) is 13.0. The zero-order valence-electron chi connectivity index (χ0n) is 6.73. The maximum absolute atomic E-state index is 13.1. The van der Waals surface area contributed by atoms with Crippen LogP contribution in [0, 0.1) is 11.6 Å². The van der Waals surface area contributed by atoms with E-state index in [1.54, 1.807) is 0 Å². The monoisotopic (exact) mass is 206 g/mol. The number of rotatable bonds is 2. The molecule has 4 N–H and O–H groups in total. The molecule has 0 aromatic heterocycles. The van der Waals surface area contributed by atoms with Crippen LogP contribution in [0.25, 0.3) is 0 Å². The second-order valence-corrected chi connectivity index (χ2v) is 2.98. The van der Waals surface area contributed by atoms with Gasteiger partial charge in [-0.1, -0.05) is 11.6 Å². The molecule has 0 radical (unpaired) electrons. The summed E-state index contributed by atoms with van der Waals surface area (Å²) in [5.41, 5.74) is 10.6. The van der Waals surface area contributed by atoms with E-state index in [1.165, 1.54) is 0 Å². The Morgan fingerprint density at radius 2 is 1.85 bits per heavy atom. The van der Waals surface area contributed by atoms with E-state index in [4.69, 9.17) is 23.1 Å². The van der Waals surface area contributed by atoms with E-state index >= 15 is 0 Å². The smallest absolute Gasteiger partial charge is 0.142 e. The Hall–Kier alpha value is -0.710. The second-order valence-electron chi connectivity index (χ2n) is 2.60. The average Bonchev–Trinajstić information content (AvgIpc) is 2.12. The Kier molecular flexibility index (Phi) is 3.19. The lowest BCUT2D eigenvalue weighted by atomic mass is 10.1. The molecule has 0 aliphatic rings. The quantitative estimate of drug-likeness (QED) is 0.722. The number of halogens is 3. The lowest BCUT2D eigenvalue weighted by Gasteiger charge is -2.12. The van der Waals surface area contributed by atoms with Crippen molar-refractivity contribution in [2.24, 2.45) is 11.5 Å². The standard InChI is InChI=1S/C8H9ClF2N2/c9-8-5(11)2-1-4(10)7(8)6(13)3-12/h1-2,6H,3,12-13H2/t6-/m0/s1. The molecule has 1 atom stereocenters. The van der Waals surface area contributed by atoms with Crippen molar-refractivity contribution < 1.29 is 8.78 Å². The van der Waals surface area contributed by atoms with Crippen molar-refractivity contribution >= 4 is 11.6 Å². The third-order valence-corrected chi connectivity index (χ3v) is 2.09. The van der Waals surface area contributed by atoms with Gasteiger partial charge in [0.25, 0.3) is 0 Å². The van der Waals surface area contributed by atoms with Gasteiger partial charge in [0.1, 0.15) is 11.6 Å². The molecule has 0 saturated heterocycles. The largest absolute Gasteiger partial charge is 0.329 e. The molecule has 0 heterocycles. The first-order valence-electron chi connectivity index (χ1n) is 3.67. The Morgan fingerprint density at radius 1 is 1.31 bits per heavy atom. The van der Waals surface area contributed by atoms with Crippen molar-refractivity contribution in [3.05, 3.63) is 34.4 Å². The van der Waals surface area contributed by atoms with Crippen LogP contribution in [0.2, 0.25) is 5.02 Å². The molecule has 2 nitrogen and oxygen atoms in total. The molecule has 0 bridgehead atoms. The first-order chi connectivity index (χ1) is 6.07. The first-order valence-corrected chi connectivity index (χ1v) is 4.04. The Labute approximate surface area is 79.5 Å². The summed E-state index contributed by atoms with van der Waals surface area (Å²) in [6, 6.07) is 1.15. The minimum Gasteiger partial charge on any atom is -0.329 e. The summed E-state index contributed by atoms with van der Waals surface area (Å²) in [4.78, 5) is 0. The van der Waals surface area contributed by atoms with Crippen LogP contribution >= 0.6 is 11.6 Å². The highest BCUT2D eigenvalue weighted by Crippen LogP contribution is 2.26. The molecule has 72 valence electrons. The van der Waals surface area contributed by atoms with Crippen molar-refractivity contribution in [1.82, 2.24) is 0 Å². The molecular formula is C8H9ClF2N2. The van der Waals surface area contributed by atoms with Gasteiger partial charge < -0.3 is 11.5 Å². The third-order valence-electron chi connectivity index (χ3n) is 1.70. The van der Waals surface area contributed by atoms with E-state index in [1.807, 2.05) is 0 Å². The maximum atomic E-state index is 13.1. The van der Waals surface area contributed by atoms with Gasteiger partial charge in [0.2, 0.25) is 0 Å². The fraction of sp³-hybridized carbons (Fsp3) is 0.250. The van der Waals surface area contributed by atoms with Crippen LogP contribution in [-0.4, -0.2) is 6.54 Å². The maximum Gasteiger partial charge on any atom is 0.142 e. The Bertz CT molecular complexity index is 317. The van der Waals surface area contributed by atoms with Gasteiger partial charge in [-0.3, -0.25) is 0 Å². The third kappa shape index (κ3) is 1.96. The molecular weight excluding hydrogens is 198 g/mol. The van der Waals surface area contributed by atoms with Gasteiger partial charge in [-0.15, -0.1) is 0 Å². The first kappa shape index (κ1) is 10.4. The SMILES string of the molecule is NC[C@H](N)c1c(F)ccc(F)c1Cl. The summed E-state index contributed by atoms with van der Waals surface area (Å²) in [7, 11) is 0. The van der Waals surface area contributed by atoms with Gasteiger partial charge in [0, 0.05) is 18.2 Å². The zero-order chi connectivity index (χ0) is 10.0. The fourth-order valence-electron chi connectivity index (χ4n) is 1.00. The van der Waals surface area contributed by atoms with Gasteiger partial charge in [0.05, 0.1) is 5.02 Å². The van der Waals surface area contributed by atoms with Crippen molar-refractivity contribution in [2.45, 2.75) is 6.04 Å². The van der Waals surface area contributed by atoms with E-state index < -0.39 is 17.7 Å². The summed E-state index contributed by atoms with van der Waals surface area (Å²) >= 11 is 5.52. The van der Waals surface area contributed by atoms with E-state index in [0.29, 0.717) is 0 Å². The van der Waals surface area contributed by atoms with Gasteiger partial charge >= 0.3 is 0 Å². The summed E-state index contributed by atoms with van der Waals surface area (Å²) in [5.74, 6) is -1.33. The fourth-order valence-corrected chi connectivity index (χ4v) is 1.29. The predicted molar refractivity (Wildman–Crippen MR) is 47.4 cm³/mol. The molecule has 1 aromatic rings. The van der Waals surface area contributed by atoms with Gasteiger partial charge in [0.15, 0.2) is 0 Å². The highest BCUT2D eigenvalue weighted by molar-refractivity contribution is 6.31. The summed E-state index contributed by atoms with van der Waals surface area (Å²) in [6.45, 7) is 0.0140. The predicted octanol–water partition coefficient (Wildman–Crippen LogP) is 1.58. The average molecular weight is 207 g/mol. The number of hydrogen-bond donors (Lipinski definition) is 2. The van der Waals surface area contributed by atoms with Gasteiger partial charge in [-0.25, -0.2) is 8.78 Å². The lowest BCUT2D eigenvalue weighted by molar-refractivity contribution is 0.564. The van der Waals surface area contributed by atoms with Crippen LogP contribution < -0.4 is 11.5 Å². The van der Waals surface area contributed by atoms with Crippen LogP contribution in [0.3, 0.4) is 0 Å². The van der Waals surface area contributed by atoms with E-state index in [0.717, 1.165) is 12.1 Å². The summed E-state index contributed by atoms with van der Waals surface area (Å²) in [6.07, 6.45) is 0. The molecule has 1 rings (SSSR count). The lowest BCUT2D eigenvalue weighted by Crippen LogP contribution is -2.22. The highest BCUT2D eigenvalue weighted by atomic mass is 35.5. The van der Waals surface area contributed by atoms with Crippen molar-refractivity contribution in [3.63, 3.8) is 0 Å². The molecule has 13 heavy (non-hydrogen) atoms. The zero-order valence-corrected chi connectivity index (χ0v) is 7.48. The number of hydrogen-bond acceptors (Lipinski definition) is 2. The minimum absolute atomic E-state index is 0.0140. The second kappa shape index (κ2) is 4.00. The topological polar surface area (TPSA) is 52.0 Å². The molecule has 0 fully saturated rings. The van der Waals surface area contributed by atoms with Crippen molar-refractivity contribution in [3.8, 4) is 0 Å². The van der Waals surface area contributed by atoms with Crippen molar-refractivity contribution in [2.75, 3.05) is 6.54 Å². The van der Waals surface area contributed by atoms with E-state index in [-0.39, 0.29) is 17.1 Å². The molecule has 0 spiro atoms. The Morgan fingerprint density at radius 3 is 2.38 bits per heavy atom. The molecule has 0 amide bonds. The summed E-state index contributed by atoms with van der Waals surface area (Å²) in [5, 5.41) is -0.294. The summed E-state index contributed by atoms with van der Waals surface area (Å²) < 4.78 is 25.9. The molecule has 0 aliphatic heterocycles. The number of nitrogens with two attached hydrogens (primary N) is 2. The minimum atomic E-state index is -0.775. The van der Waals surface area contributed by atoms with Gasteiger partial charge in [-0.2, -0.15) is 0 Å². The molecule has 5 heteroatoms. The highest BCUT2D eigenvalue weighted by Gasteiger charge is 2.16. The molecule has 0 saturated carbocycles. The van der Waals surface area contributed by atoms with Crippen LogP contribution in [0.5, 0.6) is 0 Å². The van der Waals surface area contributed by atoms with E-state index in [9.17, 15) is 8.78 Å². The Balaban J connectivity index is 3.25. The molecule has 1 aromatic carbocycles. The molecule has 0 unspecified atom stereocenters. The van der Waals surface area contributed by atoms with E-state index in [2.05, 4.69) is 0 Å². The van der Waals surface area contributed by atoms with Crippen LogP contribution in [0.4, 0.5) is 8.78 Å². The van der Waals surface area contributed by atoms with Crippen LogP contribution in [0.15, 0.2) is 12.1 Å².